The molecule has 1 rings (SSSR count). The number of hydrogen-bond acceptors (Lipinski definition) is 1. The minimum absolute atomic E-state index is 0.138. The summed E-state index contributed by atoms with van der Waals surface area (Å²) in [4.78, 5) is 11.7. The summed E-state index contributed by atoms with van der Waals surface area (Å²) in [6.07, 6.45) is 7.88. The summed E-state index contributed by atoms with van der Waals surface area (Å²) in [7, 11) is 0. The second kappa shape index (κ2) is 4.12. The number of hydrogen-bond donors (Lipinski definition) is 0. The maximum absolute atomic E-state index is 11.7. The van der Waals surface area contributed by atoms with Crippen LogP contribution in [0.25, 0.3) is 0 Å². The Morgan fingerprint density at radius 2 is 2.21 bits per heavy atom. The molecule has 78 valence electrons. The zero-order chi connectivity index (χ0) is 10.8. The largest absolute Gasteiger partial charge is 0.294 e. The Bertz CT molecular complexity index is 282. The second-order valence-corrected chi connectivity index (χ2v) is 4.87. The van der Waals surface area contributed by atoms with Gasteiger partial charge in [0.05, 0.1) is 0 Å². The number of carbonyl (C=O) groups excluding carboxylic acids is 1. The van der Waals surface area contributed by atoms with Gasteiger partial charge >= 0.3 is 0 Å². The first-order chi connectivity index (χ1) is 6.46. The van der Waals surface area contributed by atoms with Gasteiger partial charge < -0.3 is 0 Å². The van der Waals surface area contributed by atoms with Crippen molar-refractivity contribution in [2.24, 2.45) is 11.3 Å². The quantitative estimate of drug-likeness (QED) is 0.483. The third kappa shape index (κ3) is 2.57. The Kier molecular flexibility index (Phi) is 3.30. The smallest absolute Gasteiger partial charge is 0.162 e. The molecule has 1 heteroatoms. The zero-order valence-corrected chi connectivity index (χ0v) is 9.63. The predicted octanol–water partition coefficient (Wildman–Crippen LogP) is 3.51. The van der Waals surface area contributed by atoms with Crippen molar-refractivity contribution in [1.82, 2.24) is 0 Å². The molecule has 1 nitrogen and oxygen atoms in total. The number of allylic oxidation sites excluding steroid dienone is 4. The van der Waals surface area contributed by atoms with Gasteiger partial charge in [-0.3, -0.25) is 4.79 Å². The van der Waals surface area contributed by atoms with Gasteiger partial charge in [-0.2, -0.15) is 0 Å². The average Bonchev–Trinajstić information content (AvgIpc) is 2.02. The molecule has 14 heavy (non-hydrogen) atoms. The molecule has 0 aromatic carbocycles. The summed E-state index contributed by atoms with van der Waals surface area (Å²) >= 11 is 0. The molecule has 0 heterocycles. The summed E-state index contributed by atoms with van der Waals surface area (Å²) < 4.78 is 0. The van der Waals surface area contributed by atoms with Gasteiger partial charge in [0, 0.05) is 5.92 Å². The summed E-state index contributed by atoms with van der Waals surface area (Å²) in [5, 5.41) is 0. The molecule has 0 N–H and O–H groups in total. The van der Waals surface area contributed by atoms with Crippen molar-refractivity contribution >= 4 is 5.78 Å². The van der Waals surface area contributed by atoms with Gasteiger partial charge in [-0.1, -0.05) is 31.6 Å². The van der Waals surface area contributed by atoms with Crippen molar-refractivity contribution in [1.29, 1.82) is 0 Å². The van der Waals surface area contributed by atoms with Crippen molar-refractivity contribution < 1.29 is 4.79 Å². The molecule has 1 aliphatic carbocycles. The fourth-order valence-electron chi connectivity index (χ4n) is 2.18. The van der Waals surface area contributed by atoms with E-state index in [1.54, 1.807) is 6.08 Å². The third-order valence-corrected chi connectivity index (χ3v) is 2.92. The molecule has 0 unspecified atom stereocenters. The Hall–Kier alpha value is -0.850. The van der Waals surface area contributed by atoms with Crippen molar-refractivity contribution in [3.05, 3.63) is 23.8 Å². The van der Waals surface area contributed by atoms with Gasteiger partial charge in [0.1, 0.15) is 0 Å². The molecule has 0 aliphatic heterocycles. The van der Waals surface area contributed by atoms with Crippen LogP contribution < -0.4 is 0 Å². The fraction of sp³-hybridized carbons (Fsp3) is 0.615. The highest BCUT2D eigenvalue weighted by atomic mass is 16.1. The number of ketones is 1. The average molecular weight is 192 g/mol. The highest BCUT2D eigenvalue weighted by Gasteiger charge is 2.28. The molecule has 0 saturated carbocycles. The number of carbonyl (C=O) groups is 1. The van der Waals surface area contributed by atoms with E-state index in [2.05, 4.69) is 26.8 Å². The molecule has 0 fully saturated rings. The van der Waals surface area contributed by atoms with Crippen LogP contribution in [0, 0.1) is 11.3 Å². The monoisotopic (exact) mass is 192 g/mol. The maximum atomic E-state index is 11.7. The van der Waals surface area contributed by atoms with Crippen molar-refractivity contribution in [2.75, 3.05) is 0 Å². The number of rotatable bonds is 2. The molecule has 0 bridgehead atoms. The van der Waals surface area contributed by atoms with E-state index in [1.165, 1.54) is 5.57 Å². The van der Waals surface area contributed by atoms with E-state index in [4.69, 9.17) is 0 Å². The van der Waals surface area contributed by atoms with E-state index in [1.807, 2.05) is 13.0 Å². The van der Waals surface area contributed by atoms with Crippen LogP contribution in [-0.4, -0.2) is 5.78 Å². The Balaban J connectivity index is 2.81. The van der Waals surface area contributed by atoms with Gasteiger partial charge in [-0.05, 0) is 38.2 Å². The van der Waals surface area contributed by atoms with Gasteiger partial charge in [0.2, 0.25) is 0 Å². The summed E-state index contributed by atoms with van der Waals surface area (Å²) in [6, 6.07) is 0. The van der Waals surface area contributed by atoms with E-state index in [9.17, 15) is 4.79 Å². The fourth-order valence-corrected chi connectivity index (χ4v) is 2.18. The van der Waals surface area contributed by atoms with Gasteiger partial charge in [0.25, 0.3) is 0 Å². The standard InChI is InChI=1S/C13H20O/c1-5-6-12(14)11-7-8-13(3,4)9-10(11)2/h5-6,9,11H,7-8H2,1-4H3/t11-/m1/s1. The molecule has 0 aromatic heterocycles. The molecule has 0 spiro atoms. The molecular weight excluding hydrogens is 172 g/mol. The Morgan fingerprint density at radius 3 is 2.71 bits per heavy atom. The lowest BCUT2D eigenvalue weighted by molar-refractivity contribution is -0.117. The van der Waals surface area contributed by atoms with Crippen LogP contribution in [0.1, 0.15) is 40.5 Å². The maximum Gasteiger partial charge on any atom is 0.162 e. The van der Waals surface area contributed by atoms with E-state index >= 15 is 0 Å². The molecule has 0 radical (unpaired) electrons. The first-order valence-corrected chi connectivity index (χ1v) is 5.32. The highest BCUT2D eigenvalue weighted by molar-refractivity contribution is 5.93. The van der Waals surface area contributed by atoms with Crippen LogP contribution in [0.4, 0.5) is 0 Å². The van der Waals surface area contributed by atoms with E-state index < -0.39 is 0 Å². The van der Waals surface area contributed by atoms with Crippen LogP contribution in [0.5, 0.6) is 0 Å². The van der Waals surface area contributed by atoms with Gasteiger partial charge in [0.15, 0.2) is 5.78 Å². The second-order valence-electron chi connectivity index (χ2n) is 4.87. The lowest BCUT2D eigenvalue weighted by atomic mass is 9.74. The van der Waals surface area contributed by atoms with E-state index in [0.29, 0.717) is 0 Å². The Labute approximate surface area is 86.9 Å². The molecule has 1 atom stereocenters. The van der Waals surface area contributed by atoms with Crippen molar-refractivity contribution in [3.63, 3.8) is 0 Å². The lowest BCUT2D eigenvalue weighted by Gasteiger charge is -2.30. The first kappa shape index (κ1) is 11.2. The topological polar surface area (TPSA) is 17.1 Å². The SMILES string of the molecule is CC=CC(=O)[C@@H]1CCC(C)(C)C=C1C. The molecule has 0 saturated heterocycles. The summed E-state index contributed by atoms with van der Waals surface area (Å²) in [6.45, 7) is 8.43. The summed E-state index contributed by atoms with van der Waals surface area (Å²) in [5.74, 6) is 0.399. The zero-order valence-electron chi connectivity index (χ0n) is 9.63. The minimum Gasteiger partial charge on any atom is -0.294 e. The molecule has 0 amide bonds. The van der Waals surface area contributed by atoms with Crippen LogP contribution >= 0.6 is 0 Å². The van der Waals surface area contributed by atoms with Crippen LogP contribution in [0.3, 0.4) is 0 Å². The van der Waals surface area contributed by atoms with Crippen molar-refractivity contribution in [3.8, 4) is 0 Å². The highest BCUT2D eigenvalue weighted by Crippen LogP contribution is 2.36. The first-order valence-electron chi connectivity index (χ1n) is 5.32. The van der Waals surface area contributed by atoms with Gasteiger partial charge in [-0.15, -0.1) is 0 Å². The van der Waals surface area contributed by atoms with E-state index in [-0.39, 0.29) is 17.1 Å². The third-order valence-electron chi connectivity index (χ3n) is 2.92. The predicted molar refractivity (Wildman–Crippen MR) is 60.1 cm³/mol. The van der Waals surface area contributed by atoms with Crippen LogP contribution in [0.15, 0.2) is 23.8 Å². The lowest BCUT2D eigenvalue weighted by Crippen LogP contribution is -2.23. The molecular formula is C13H20O. The van der Waals surface area contributed by atoms with Crippen LogP contribution in [-0.2, 0) is 4.79 Å². The Morgan fingerprint density at radius 1 is 1.57 bits per heavy atom. The van der Waals surface area contributed by atoms with Crippen LogP contribution in [0.2, 0.25) is 0 Å². The minimum atomic E-state index is 0.138. The van der Waals surface area contributed by atoms with E-state index in [0.717, 1.165) is 12.8 Å². The molecule has 0 aromatic rings. The van der Waals surface area contributed by atoms with Crippen molar-refractivity contribution in [2.45, 2.75) is 40.5 Å². The van der Waals surface area contributed by atoms with Gasteiger partial charge in [-0.25, -0.2) is 0 Å². The summed E-state index contributed by atoms with van der Waals surface area (Å²) in [5.41, 5.74) is 1.51. The normalized spacial score (nSPS) is 26.3. The molecule has 1 aliphatic rings.